The Morgan fingerprint density at radius 2 is 1.90 bits per heavy atom. The molecule has 0 bridgehead atoms. The fourth-order valence-corrected chi connectivity index (χ4v) is 2.06. The Balaban J connectivity index is 2.70. The van der Waals surface area contributed by atoms with Gasteiger partial charge >= 0.3 is 5.97 Å². The number of benzene rings is 1. The Labute approximate surface area is 120 Å². The van der Waals surface area contributed by atoms with Gasteiger partial charge in [0, 0.05) is 6.04 Å². The fourth-order valence-electron chi connectivity index (χ4n) is 2.06. The van der Waals surface area contributed by atoms with E-state index in [0.29, 0.717) is 0 Å². The molecule has 0 saturated heterocycles. The average Bonchev–Trinajstić information content (AvgIpc) is 2.32. The summed E-state index contributed by atoms with van der Waals surface area (Å²) < 4.78 is 0. The van der Waals surface area contributed by atoms with E-state index < -0.39 is 5.97 Å². The summed E-state index contributed by atoms with van der Waals surface area (Å²) >= 11 is 0. The number of carbonyl (C=O) groups excluding carboxylic acids is 1. The number of aryl methyl sites for hydroxylation is 2. The molecule has 0 aliphatic heterocycles. The van der Waals surface area contributed by atoms with Crippen molar-refractivity contribution in [3.63, 3.8) is 0 Å². The Hall–Kier alpha value is -1.84. The maximum Gasteiger partial charge on any atom is 0.305 e. The first-order valence-corrected chi connectivity index (χ1v) is 6.87. The number of carbonyl (C=O) groups is 2. The van der Waals surface area contributed by atoms with Crippen LogP contribution in [0.25, 0.3) is 0 Å². The van der Waals surface area contributed by atoms with Gasteiger partial charge in [-0.05, 0) is 30.9 Å². The molecule has 20 heavy (non-hydrogen) atoms. The fraction of sp³-hybridized carbons (Fsp3) is 0.500. The lowest BCUT2D eigenvalue weighted by Gasteiger charge is -2.21. The van der Waals surface area contributed by atoms with Gasteiger partial charge in [0.15, 0.2) is 0 Å². The predicted octanol–water partition coefficient (Wildman–Crippen LogP) is 2.46. The van der Waals surface area contributed by atoms with Crippen LogP contribution in [0.5, 0.6) is 0 Å². The first-order valence-electron chi connectivity index (χ1n) is 6.87. The zero-order valence-corrected chi connectivity index (χ0v) is 12.6. The maximum atomic E-state index is 12.1. The minimum atomic E-state index is -0.893. The van der Waals surface area contributed by atoms with E-state index in [1.807, 2.05) is 45.9 Å². The van der Waals surface area contributed by atoms with Crippen molar-refractivity contribution in [3.05, 3.63) is 34.9 Å². The van der Waals surface area contributed by atoms with Gasteiger partial charge in [0.05, 0.1) is 12.8 Å². The molecule has 1 amide bonds. The second-order valence-electron chi connectivity index (χ2n) is 5.62. The van der Waals surface area contributed by atoms with Crippen molar-refractivity contribution in [1.29, 1.82) is 0 Å². The van der Waals surface area contributed by atoms with Gasteiger partial charge in [0.2, 0.25) is 5.91 Å². The lowest BCUT2D eigenvalue weighted by Crippen LogP contribution is -2.40. The van der Waals surface area contributed by atoms with Crippen molar-refractivity contribution in [3.8, 4) is 0 Å². The van der Waals surface area contributed by atoms with Crippen LogP contribution >= 0.6 is 0 Å². The van der Waals surface area contributed by atoms with Crippen molar-refractivity contribution in [2.45, 2.75) is 46.6 Å². The molecule has 4 nitrogen and oxygen atoms in total. The molecule has 1 aromatic rings. The molecule has 0 fully saturated rings. The summed E-state index contributed by atoms with van der Waals surface area (Å²) in [6, 6.07) is 5.68. The van der Waals surface area contributed by atoms with Gasteiger partial charge in [0.25, 0.3) is 0 Å². The molecule has 110 valence electrons. The molecule has 0 radical (unpaired) electrons. The van der Waals surface area contributed by atoms with Gasteiger partial charge in [-0.2, -0.15) is 0 Å². The van der Waals surface area contributed by atoms with Crippen LogP contribution in [0.2, 0.25) is 0 Å². The van der Waals surface area contributed by atoms with Crippen LogP contribution in [0.4, 0.5) is 0 Å². The molecule has 0 aromatic heterocycles. The smallest absolute Gasteiger partial charge is 0.305 e. The molecule has 1 atom stereocenters. The molecule has 0 aliphatic carbocycles. The second-order valence-corrected chi connectivity index (χ2v) is 5.62. The van der Waals surface area contributed by atoms with Crippen molar-refractivity contribution >= 4 is 11.9 Å². The first kappa shape index (κ1) is 16.2. The van der Waals surface area contributed by atoms with E-state index in [2.05, 4.69) is 5.32 Å². The summed E-state index contributed by atoms with van der Waals surface area (Å²) in [6.07, 6.45) is 0.243. The number of rotatable bonds is 6. The molecular formula is C16H23NO3. The maximum absolute atomic E-state index is 12.1. The number of amides is 1. The van der Waals surface area contributed by atoms with Crippen LogP contribution in [-0.4, -0.2) is 23.0 Å². The minimum absolute atomic E-state index is 0.0454. The van der Waals surface area contributed by atoms with Crippen LogP contribution < -0.4 is 5.32 Å². The van der Waals surface area contributed by atoms with E-state index >= 15 is 0 Å². The molecule has 1 rings (SSSR count). The van der Waals surface area contributed by atoms with E-state index in [1.165, 1.54) is 0 Å². The van der Waals surface area contributed by atoms with Crippen LogP contribution in [0.1, 0.15) is 37.0 Å². The Morgan fingerprint density at radius 3 is 2.45 bits per heavy atom. The van der Waals surface area contributed by atoms with Gasteiger partial charge in [-0.25, -0.2) is 0 Å². The summed E-state index contributed by atoms with van der Waals surface area (Å²) in [4.78, 5) is 22.9. The third-order valence-electron chi connectivity index (χ3n) is 3.40. The molecule has 4 heteroatoms. The van der Waals surface area contributed by atoms with Crippen LogP contribution in [0.3, 0.4) is 0 Å². The zero-order chi connectivity index (χ0) is 15.3. The predicted molar refractivity (Wildman–Crippen MR) is 78.6 cm³/mol. The normalized spacial score (nSPS) is 12.2. The topological polar surface area (TPSA) is 66.4 Å². The quantitative estimate of drug-likeness (QED) is 0.839. The van der Waals surface area contributed by atoms with Crippen molar-refractivity contribution in [2.75, 3.05) is 0 Å². The molecule has 0 heterocycles. The van der Waals surface area contributed by atoms with E-state index in [-0.39, 0.29) is 30.7 Å². The van der Waals surface area contributed by atoms with Crippen molar-refractivity contribution in [1.82, 2.24) is 5.32 Å². The minimum Gasteiger partial charge on any atom is -0.481 e. The molecule has 0 saturated carbocycles. The Bertz CT molecular complexity index is 494. The number of hydrogen-bond donors (Lipinski definition) is 2. The highest BCUT2D eigenvalue weighted by Gasteiger charge is 2.19. The first-order chi connectivity index (χ1) is 9.29. The van der Waals surface area contributed by atoms with Crippen LogP contribution in [0, 0.1) is 19.8 Å². The van der Waals surface area contributed by atoms with E-state index in [0.717, 1.165) is 16.7 Å². The highest BCUT2D eigenvalue weighted by Crippen LogP contribution is 2.12. The highest BCUT2D eigenvalue weighted by molar-refractivity contribution is 5.80. The molecule has 0 spiro atoms. The van der Waals surface area contributed by atoms with E-state index in [1.54, 1.807) is 0 Å². The van der Waals surface area contributed by atoms with Gasteiger partial charge in [-0.15, -0.1) is 0 Å². The van der Waals surface area contributed by atoms with E-state index in [4.69, 9.17) is 5.11 Å². The van der Waals surface area contributed by atoms with E-state index in [9.17, 15) is 9.59 Å². The Kier molecular flexibility index (Phi) is 5.74. The molecular weight excluding hydrogens is 254 g/mol. The van der Waals surface area contributed by atoms with Crippen molar-refractivity contribution < 1.29 is 14.7 Å². The van der Waals surface area contributed by atoms with Crippen LogP contribution in [-0.2, 0) is 16.0 Å². The highest BCUT2D eigenvalue weighted by atomic mass is 16.4. The lowest BCUT2D eigenvalue weighted by atomic mass is 9.99. The van der Waals surface area contributed by atoms with Gasteiger partial charge in [-0.3, -0.25) is 9.59 Å². The number of carboxylic acids is 1. The molecule has 2 N–H and O–H groups in total. The monoisotopic (exact) mass is 277 g/mol. The number of carboxylic acid groups (broad SMARTS) is 1. The summed E-state index contributed by atoms with van der Waals surface area (Å²) in [7, 11) is 0. The summed E-state index contributed by atoms with van der Waals surface area (Å²) in [5, 5.41) is 11.7. The van der Waals surface area contributed by atoms with Crippen molar-refractivity contribution in [2.24, 2.45) is 5.92 Å². The summed E-state index contributed by atoms with van der Waals surface area (Å²) in [5.74, 6) is -0.928. The largest absolute Gasteiger partial charge is 0.481 e. The van der Waals surface area contributed by atoms with Crippen LogP contribution in [0.15, 0.2) is 18.2 Å². The Morgan fingerprint density at radius 1 is 1.25 bits per heavy atom. The molecule has 1 aromatic carbocycles. The standard InChI is InChI=1S/C16H23NO3/c1-10(2)14(9-16(19)20)17-15(18)8-13-7-11(3)5-6-12(13)4/h5-7,10,14H,8-9H2,1-4H3,(H,17,18)(H,19,20). The van der Waals surface area contributed by atoms with Gasteiger partial charge in [-0.1, -0.05) is 37.6 Å². The average molecular weight is 277 g/mol. The SMILES string of the molecule is Cc1ccc(C)c(CC(=O)NC(CC(=O)O)C(C)C)c1. The number of aliphatic carboxylic acids is 1. The zero-order valence-electron chi connectivity index (χ0n) is 12.6. The number of hydrogen-bond acceptors (Lipinski definition) is 2. The van der Waals surface area contributed by atoms with Gasteiger partial charge < -0.3 is 10.4 Å². The third kappa shape index (κ3) is 5.03. The lowest BCUT2D eigenvalue weighted by molar-refractivity contribution is -0.138. The molecule has 1 unspecified atom stereocenters. The second kappa shape index (κ2) is 7.08. The third-order valence-corrected chi connectivity index (χ3v) is 3.40. The van der Waals surface area contributed by atoms with Gasteiger partial charge in [0.1, 0.15) is 0 Å². The summed E-state index contributed by atoms with van der Waals surface area (Å²) in [5.41, 5.74) is 3.18. The summed E-state index contributed by atoms with van der Waals surface area (Å²) in [6.45, 7) is 7.78. The number of nitrogens with one attached hydrogen (secondary N) is 1. The molecule has 0 aliphatic rings.